The van der Waals surface area contributed by atoms with E-state index in [-0.39, 0.29) is 4.88 Å². The number of rotatable bonds is 2. The highest BCUT2D eigenvalue weighted by Crippen LogP contribution is 2.28. The van der Waals surface area contributed by atoms with Gasteiger partial charge in [-0.3, -0.25) is 5.32 Å². The van der Waals surface area contributed by atoms with Gasteiger partial charge in [0.15, 0.2) is 0 Å². The molecule has 0 unspecified atom stereocenters. The number of carbonyl (C=O) groups is 2. The second-order valence-corrected chi connectivity index (χ2v) is 6.38. The first-order chi connectivity index (χ1) is 9.24. The van der Waals surface area contributed by atoms with Crippen molar-refractivity contribution in [3.05, 3.63) is 29.1 Å². The van der Waals surface area contributed by atoms with Gasteiger partial charge in [0.25, 0.3) is 0 Å². The third-order valence-corrected chi connectivity index (χ3v) is 3.46. The molecule has 0 aliphatic heterocycles. The molecule has 0 spiro atoms. The van der Waals surface area contributed by atoms with Gasteiger partial charge in [-0.2, -0.15) is 0 Å². The van der Waals surface area contributed by atoms with E-state index in [1.165, 1.54) is 11.3 Å². The summed E-state index contributed by atoms with van der Waals surface area (Å²) in [7, 11) is 0. The van der Waals surface area contributed by atoms with Crippen LogP contribution in [0.5, 0.6) is 0 Å². The molecule has 0 aliphatic rings. The number of fused-ring (bicyclic) bond motifs is 1. The summed E-state index contributed by atoms with van der Waals surface area (Å²) in [5.74, 6) is -0.951. The van der Waals surface area contributed by atoms with Crippen molar-refractivity contribution in [3.8, 4) is 0 Å². The summed E-state index contributed by atoms with van der Waals surface area (Å²) in [6, 6.07) is 6.82. The number of hydrogen-bond acceptors (Lipinski definition) is 4. The summed E-state index contributed by atoms with van der Waals surface area (Å²) in [5, 5.41) is 12.4. The van der Waals surface area contributed by atoms with Crippen molar-refractivity contribution in [3.63, 3.8) is 0 Å². The van der Waals surface area contributed by atoms with Crippen LogP contribution >= 0.6 is 11.3 Å². The molecular formula is C14H15NO4S. The molecular weight excluding hydrogens is 278 g/mol. The number of anilines is 1. The second kappa shape index (κ2) is 5.13. The van der Waals surface area contributed by atoms with Crippen molar-refractivity contribution in [2.75, 3.05) is 5.32 Å². The molecule has 0 saturated carbocycles. The van der Waals surface area contributed by atoms with Gasteiger partial charge in [-0.05, 0) is 44.4 Å². The summed E-state index contributed by atoms with van der Waals surface area (Å²) < 4.78 is 5.96. The molecule has 1 aromatic heterocycles. The fourth-order valence-corrected chi connectivity index (χ4v) is 2.58. The Labute approximate surface area is 120 Å². The summed E-state index contributed by atoms with van der Waals surface area (Å²) in [4.78, 5) is 22.8. The first-order valence-corrected chi connectivity index (χ1v) is 6.83. The molecule has 0 saturated heterocycles. The molecule has 0 atom stereocenters. The Bertz CT molecular complexity index is 669. The lowest BCUT2D eigenvalue weighted by Gasteiger charge is -2.19. The molecule has 0 bridgehead atoms. The number of thiophene rings is 1. The van der Waals surface area contributed by atoms with Crippen molar-refractivity contribution in [2.45, 2.75) is 26.4 Å². The molecule has 0 aliphatic carbocycles. The van der Waals surface area contributed by atoms with Crippen molar-refractivity contribution in [1.29, 1.82) is 0 Å². The van der Waals surface area contributed by atoms with Crippen LogP contribution in [-0.2, 0) is 4.74 Å². The largest absolute Gasteiger partial charge is 0.477 e. The number of hydrogen-bond donors (Lipinski definition) is 2. The number of benzene rings is 1. The number of nitrogens with one attached hydrogen (secondary N) is 1. The lowest BCUT2D eigenvalue weighted by Crippen LogP contribution is -2.27. The Hall–Kier alpha value is -2.08. The molecule has 0 radical (unpaired) electrons. The number of amides is 1. The van der Waals surface area contributed by atoms with Gasteiger partial charge in [-0.15, -0.1) is 11.3 Å². The number of carboxylic acids is 1. The van der Waals surface area contributed by atoms with E-state index in [9.17, 15) is 9.59 Å². The highest BCUT2D eigenvalue weighted by molar-refractivity contribution is 7.20. The Morgan fingerprint density at radius 1 is 1.25 bits per heavy atom. The molecule has 20 heavy (non-hydrogen) atoms. The number of ether oxygens (including phenoxy) is 1. The van der Waals surface area contributed by atoms with E-state index >= 15 is 0 Å². The van der Waals surface area contributed by atoms with Crippen molar-refractivity contribution >= 4 is 39.2 Å². The maximum Gasteiger partial charge on any atom is 0.412 e. The van der Waals surface area contributed by atoms with Crippen LogP contribution in [0.15, 0.2) is 24.3 Å². The Kier molecular flexibility index (Phi) is 3.67. The fourth-order valence-electron chi connectivity index (χ4n) is 1.64. The van der Waals surface area contributed by atoms with Gasteiger partial charge in [0, 0.05) is 10.4 Å². The minimum Gasteiger partial charge on any atom is -0.477 e. The Balaban J connectivity index is 2.19. The van der Waals surface area contributed by atoms with Crippen LogP contribution in [0.4, 0.5) is 10.5 Å². The minimum atomic E-state index is -0.951. The topological polar surface area (TPSA) is 75.6 Å². The van der Waals surface area contributed by atoms with Crippen LogP contribution in [0.3, 0.4) is 0 Å². The van der Waals surface area contributed by atoms with Gasteiger partial charge in [0.1, 0.15) is 10.5 Å². The second-order valence-electron chi connectivity index (χ2n) is 5.30. The van der Waals surface area contributed by atoms with E-state index in [1.807, 2.05) is 0 Å². The van der Waals surface area contributed by atoms with Gasteiger partial charge in [-0.1, -0.05) is 6.07 Å². The molecule has 2 aromatic rings. The zero-order valence-electron chi connectivity index (χ0n) is 11.4. The van der Waals surface area contributed by atoms with Crippen LogP contribution in [0, 0.1) is 0 Å². The first kappa shape index (κ1) is 14.3. The lowest BCUT2D eigenvalue weighted by atomic mass is 10.2. The monoisotopic (exact) mass is 293 g/mol. The third-order valence-electron chi connectivity index (χ3n) is 2.38. The molecule has 1 amide bonds. The number of aromatic carboxylic acids is 1. The molecule has 5 nitrogen and oxygen atoms in total. The van der Waals surface area contributed by atoms with E-state index in [2.05, 4.69) is 5.32 Å². The predicted octanol–water partition coefficient (Wildman–Crippen LogP) is 3.95. The lowest BCUT2D eigenvalue weighted by molar-refractivity contribution is 0.0634. The zero-order valence-corrected chi connectivity index (χ0v) is 12.2. The van der Waals surface area contributed by atoms with Crippen molar-refractivity contribution in [2.24, 2.45) is 0 Å². The average Bonchev–Trinajstić information content (AvgIpc) is 2.69. The zero-order chi connectivity index (χ0) is 14.9. The quantitative estimate of drug-likeness (QED) is 0.879. The summed E-state index contributed by atoms with van der Waals surface area (Å²) in [5.41, 5.74) is 0.0127. The molecule has 1 aromatic carbocycles. The summed E-state index contributed by atoms with van der Waals surface area (Å²) in [6.45, 7) is 5.36. The van der Waals surface area contributed by atoms with Crippen LogP contribution in [0.1, 0.15) is 30.4 Å². The van der Waals surface area contributed by atoms with Crippen LogP contribution in [0.2, 0.25) is 0 Å². The summed E-state index contributed by atoms with van der Waals surface area (Å²) in [6.07, 6.45) is -0.535. The van der Waals surface area contributed by atoms with E-state index in [1.54, 1.807) is 45.0 Å². The Morgan fingerprint density at radius 3 is 2.55 bits per heavy atom. The molecule has 1 heterocycles. The maximum atomic E-state index is 11.7. The normalized spacial score (nSPS) is 11.3. The average molecular weight is 293 g/mol. The van der Waals surface area contributed by atoms with Gasteiger partial charge < -0.3 is 9.84 Å². The van der Waals surface area contributed by atoms with Gasteiger partial charge in [0.2, 0.25) is 0 Å². The van der Waals surface area contributed by atoms with Crippen LogP contribution in [0.25, 0.3) is 10.1 Å². The summed E-state index contributed by atoms with van der Waals surface area (Å²) >= 11 is 1.17. The smallest absolute Gasteiger partial charge is 0.412 e. The predicted molar refractivity (Wildman–Crippen MR) is 78.6 cm³/mol. The van der Waals surface area contributed by atoms with Gasteiger partial charge >= 0.3 is 12.1 Å². The van der Waals surface area contributed by atoms with E-state index in [0.717, 1.165) is 10.1 Å². The first-order valence-electron chi connectivity index (χ1n) is 6.01. The highest BCUT2D eigenvalue weighted by Gasteiger charge is 2.16. The molecule has 2 rings (SSSR count). The van der Waals surface area contributed by atoms with E-state index < -0.39 is 17.7 Å². The van der Waals surface area contributed by atoms with Gasteiger partial charge in [-0.25, -0.2) is 9.59 Å². The van der Waals surface area contributed by atoms with E-state index in [4.69, 9.17) is 9.84 Å². The van der Waals surface area contributed by atoms with Gasteiger partial charge in [0.05, 0.1) is 0 Å². The molecule has 6 heteroatoms. The Morgan fingerprint density at radius 2 is 1.95 bits per heavy atom. The number of carbonyl (C=O) groups excluding carboxylic acids is 1. The van der Waals surface area contributed by atoms with Crippen LogP contribution < -0.4 is 5.32 Å². The molecule has 2 N–H and O–H groups in total. The fraction of sp³-hybridized carbons (Fsp3) is 0.286. The molecule has 0 fully saturated rings. The molecule has 106 valence electrons. The van der Waals surface area contributed by atoms with Crippen molar-refractivity contribution < 1.29 is 19.4 Å². The number of carboxylic acid groups (broad SMARTS) is 1. The third kappa shape index (κ3) is 3.48. The van der Waals surface area contributed by atoms with E-state index in [0.29, 0.717) is 5.69 Å². The van der Waals surface area contributed by atoms with Crippen LogP contribution in [-0.4, -0.2) is 22.8 Å². The maximum absolute atomic E-state index is 11.7. The SMILES string of the molecule is CC(C)(C)OC(=O)Nc1ccc2cc(C(=O)O)sc2c1. The highest BCUT2D eigenvalue weighted by atomic mass is 32.1. The minimum absolute atomic E-state index is 0.273. The standard InChI is InChI=1S/C14H15NO4S/c1-14(2,3)19-13(18)15-9-5-4-8-6-11(12(16)17)20-10(8)7-9/h4-7H,1-3H3,(H,15,18)(H,16,17). The van der Waals surface area contributed by atoms with Crippen molar-refractivity contribution in [1.82, 2.24) is 0 Å².